The fraction of sp³-hybridized carbons (Fsp3) is 0.636. The standard InChI is InChI=1S/C33H50FO2P/c1-5-7-9-11-12-14-16-18-29-21-26(3)19-20-32(29)35-37(34)36-33-30-22-27(4)23-31(33)25-28(24-30)17-15-13-10-8-6-2/h19-23,28H,5-18,24-25H2,1-4H3. The predicted molar refractivity (Wildman–Crippen MR) is 158 cm³/mol. The van der Waals surface area contributed by atoms with Gasteiger partial charge in [-0.15, -0.1) is 4.20 Å². The van der Waals surface area contributed by atoms with Crippen molar-refractivity contribution in [3.8, 4) is 11.5 Å². The summed E-state index contributed by atoms with van der Waals surface area (Å²) in [6.07, 6.45) is 19.6. The molecule has 0 aliphatic heterocycles. The second-order valence-electron chi connectivity index (χ2n) is 11.3. The molecule has 0 N–H and O–H groups in total. The molecule has 4 heteroatoms. The Hall–Kier alpha value is -1.60. The fourth-order valence-corrected chi connectivity index (χ4v) is 6.47. The van der Waals surface area contributed by atoms with Crippen molar-refractivity contribution in [2.24, 2.45) is 5.92 Å². The molecule has 37 heavy (non-hydrogen) atoms. The van der Waals surface area contributed by atoms with E-state index < -0.39 is 8.69 Å². The maximum Gasteiger partial charge on any atom is 0.505 e. The van der Waals surface area contributed by atoms with E-state index >= 15 is 4.20 Å². The van der Waals surface area contributed by atoms with Gasteiger partial charge >= 0.3 is 8.69 Å². The summed E-state index contributed by atoms with van der Waals surface area (Å²) < 4.78 is 27.0. The van der Waals surface area contributed by atoms with E-state index in [2.05, 4.69) is 45.9 Å². The monoisotopic (exact) mass is 528 g/mol. The molecule has 2 nitrogen and oxygen atoms in total. The lowest BCUT2D eigenvalue weighted by Crippen LogP contribution is -2.16. The zero-order chi connectivity index (χ0) is 26.5. The van der Waals surface area contributed by atoms with Crippen LogP contribution in [0.4, 0.5) is 4.20 Å². The first-order valence-corrected chi connectivity index (χ1v) is 16.1. The summed E-state index contributed by atoms with van der Waals surface area (Å²) in [5, 5.41) is 0. The van der Waals surface area contributed by atoms with Gasteiger partial charge in [-0.05, 0) is 74.6 Å². The first-order chi connectivity index (χ1) is 18.0. The highest BCUT2D eigenvalue weighted by Crippen LogP contribution is 2.48. The van der Waals surface area contributed by atoms with Crippen molar-refractivity contribution >= 4 is 8.69 Å². The molecule has 0 saturated carbocycles. The smallest absolute Gasteiger partial charge is 0.414 e. The highest BCUT2D eigenvalue weighted by atomic mass is 31.2. The lowest BCUT2D eigenvalue weighted by Gasteiger charge is -2.28. The van der Waals surface area contributed by atoms with Crippen LogP contribution in [0.2, 0.25) is 0 Å². The SMILES string of the molecule is CCCCCCCCCc1cc(C)ccc1OP(F)Oc1c2cc(C)cc1CC(CCCCCCC)C2. The van der Waals surface area contributed by atoms with E-state index in [4.69, 9.17) is 9.05 Å². The summed E-state index contributed by atoms with van der Waals surface area (Å²) in [4.78, 5) is 0. The van der Waals surface area contributed by atoms with Crippen molar-refractivity contribution in [1.29, 1.82) is 0 Å². The van der Waals surface area contributed by atoms with Gasteiger partial charge < -0.3 is 9.05 Å². The van der Waals surface area contributed by atoms with Crippen LogP contribution in [0, 0.1) is 19.8 Å². The zero-order valence-electron chi connectivity index (χ0n) is 23.9. The fourth-order valence-electron chi connectivity index (χ4n) is 5.72. The van der Waals surface area contributed by atoms with E-state index in [0.29, 0.717) is 11.7 Å². The Kier molecular flexibility index (Phi) is 13.3. The van der Waals surface area contributed by atoms with E-state index in [1.807, 2.05) is 12.1 Å². The van der Waals surface area contributed by atoms with E-state index in [0.717, 1.165) is 48.1 Å². The molecule has 2 aromatic carbocycles. The first kappa shape index (κ1) is 29.9. The summed E-state index contributed by atoms with van der Waals surface area (Å²) in [6.45, 7) is 8.72. The second kappa shape index (κ2) is 16.4. The molecule has 2 bridgehead atoms. The Morgan fingerprint density at radius 1 is 0.730 bits per heavy atom. The van der Waals surface area contributed by atoms with Gasteiger partial charge in [0.15, 0.2) is 0 Å². The number of unbranched alkanes of at least 4 members (excludes halogenated alkanes) is 10. The Morgan fingerprint density at radius 3 is 1.97 bits per heavy atom. The molecule has 2 aromatic rings. The van der Waals surface area contributed by atoms with Gasteiger partial charge in [-0.2, -0.15) is 0 Å². The van der Waals surface area contributed by atoms with E-state index in [1.54, 1.807) is 0 Å². The number of fused-ring (bicyclic) bond motifs is 2. The minimum absolute atomic E-state index is 0.636. The summed E-state index contributed by atoms with van der Waals surface area (Å²) in [5.41, 5.74) is 5.83. The maximum absolute atomic E-state index is 15.3. The van der Waals surface area contributed by atoms with Crippen LogP contribution in [-0.4, -0.2) is 0 Å². The summed E-state index contributed by atoms with van der Waals surface area (Å²) in [7, 11) is -2.53. The second-order valence-corrected chi connectivity index (χ2v) is 12.1. The Labute approximate surface area is 227 Å². The van der Waals surface area contributed by atoms with E-state index in [-0.39, 0.29) is 0 Å². The number of rotatable bonds is 18. The van der Waals surface area contributed by atoms with Gasteiger partial charge in [-0.3, -0.25) is 0 Å². The van der Waals surface area contributed by atoms with Gasteiger partial charge in [0.05, 0.1) is 0 Å². The van der Waals surface area contributed by atoms with Gasteiger partial charge in [0, 0.05) is 0 Å². The Morgan fingerprint density at radius 2 is 1.32 bits per heavy atom. The summed E-state index contributed by atoms with van der Waals surface area (Å²) in [5.74, 6) is 2.02. The normalized spacial score (nSPS) is 14.1. The zero-order valence-corrected chi connectivity index (χ0v) is 24.8. The third-order valence-corrected chi connectivity index (χ3v) is 8.39. The molecule has 206 valence electrons. The van der Waals surface area contributed by atoms with Gasteiger partial charge in [0.2, 0.25) is 0 Å². The minimum atomic E-state index is -2.53. The largest absolute Gasteiger partial charge is 0.505 e. The highest BCUT2D eigenvalue weighted by molar-refractivity contribution is 7.42. The average Bonchev–Trinajstić information content (AvgIpc) is 2.85. The van der Waals surface area contributed by atoms with Crippen molar-refractivity contribution in [3.05, 3.63) is 58.1 Å². The summed E-state index contributed by atoms with van der Waals surface area (Å²) >= 11 is 0. The van der Waals surface area contributed by atoms with Crippen LogP contribution in [0.3, 0.4) is 0 Å². The number of aryl methyl sites for hydroxylation is 3. The molecule has 1 unspecified atom stereocenters. The third-order valence-electron chi connectivity index (χ3n) is 7.72. The lowest BCUT2D eigenvalue weighted by molar-refractivity contribution is 0.395. The van der Waals surface area contributed by atoms with Crippen LogP contribution in [0.25, 0.3) is 0 Å². The quantitative estimate of drug-likeness (QED) is 0.141. The topological polar surface area (TPSA) is 18.5 Å². The minimum Gasteiger partial charge on any atom is -0.414 e. The molecule has 0 spiro atoms. The molecule has 1 atom stereocenters. The first-order valence-electron chi connectivity index (χ1n) is 15.0. The molecule has 0 aromatic heterocycles. The summed E-state index contributed by atoms with van der Waals surface area (Å²) in [6, 6.07) is 10.4. The van der Waals surface area contributed by atoms with Gasteiger partial charge in [-0.25, -0.2) is 0 Å². The van der Waals surface area contributed by atoms with Crippen LogP contribution in [0.15, 0.2) is 30.3 Å². The van der Waals surface area contributed by atoms with Gasteiger partial charge in [0.1, 0.15) is 11.5 Å². The van der Waals surface area contributed by atoms with Crippen molar-refractivity contribution < 1.29 is 13.2 Å². The highest BCUT2D eigenvalue weighted by Gasteiger charge is 2.27. The molecule has 0 amide bonds. The van der Waals surface area contributed by atoms with Crippen molar-refractivity contribution in [2.45, 2.75) is 130 Å². The van der Waals surface area contributed by atoms with E-state index in [9.17, 15) is 0 Å². The number of hydrogen-bond donors (Lipinski definition) is 0. The van der Waals surface area contributed by atoms with Gasteiger partial charge in [0.25, 0.3) is 0 Å². The molecular formula is C33H50FO2P. The lowest BCUT2D eigenvalue weighted by atomic mass is 9.81. The molecule has 3 rings (SSSR count). The van der Waals surface area contributed by atoms with E-state index in [1.165, 1.54) is 88.2 Å². The molecule has 0 saturated heterocycles. The Bertz CT molecular complexity index is 917. The van der Waals surface area contributed by atoms with Crippen LogP contribution >= 0.6 is 8.69 Å². The average molecular weight is 529 g/mol. The third kappa shape index (κ3) is 10.2. The van der Waals surface area contributed by atoms with Crippen LogP contribution < -0.4 is 9.05 Å². The molecular weight excluding hydrogens is 478 g/mol. The molecule has 0 fully saturated rings. The molecule has 0 heterocycles. The van der Waals surface area contributed by atoms with Crippen LogP contribution in [0.1, 0.15) is 125 Å². The van der Waals surface area contributed by atoms with Gasteiger partial charge in [-0.1, -0.05) is 120 Å². The predicted octanol–water partition coefficient (Wildman–Crippen LogP) is 11.3. The van der Waals surface area contributed by atoms with Crippen molar-refractivity contribution in [2.75, 3.05) is 0 Å². The number of halogens is 1. The van der Waals surface area contributed by atoms with Crippen molar-refractivity contribution in [3.63, 3.8) is 0 Å². The Balaban J connectivity index is 1.55. The number of benzene rings is 2. The number of hydrogen-bond acceptors (Lipinski definition) is 2. The maximum atomic E-state index is 15.3. The van der Waals surface area contributed by atoms with Crippen LogP contribution in [-0.2, 0) is 19.3 Å². The van der Waals surface area contributed by atoms with Crippen molar-refractivity contribution in [1.82, 2.24) is 0 Å². The molecule has 0 radical (unpaired) electrons. The molecule has 1 aliphatic carbocycles. The molecule has 1 aliphatic rings. The van der Waals surface area contributed by atoms with Crippen LogP contribution in [0.5, 0.6) is 11.5 Å².